The Balaban J connectivity index is 1.47. The SMILES string of the molecule is CCCCC[Si](CCCCC)(C1=Cc2c(cccc2-c2ccccc2)C1)C1=Cc2c(cccc2-c2ccccc2)C1. The van der Waals surface area contributed by atoms with Gasteiger partial charge in [0.25, 0.3) is 0 Å². The zero-order valence-electron chi connectivity index (χ0n) is 25.0. The number of rotatable bonds is 12. The molecule has 0 atom stereocenters. The second kappa shape index (κ2) is 12.6. The lowest BCUT2D eigenvalue weighted by molar-refractivity contribution is 0.739. The third-order valence-electron chi connectivity index (χ3n) is 9.60. The molecule has 4 aromatic carbocycles. The molecule has 1 heteroatoms. The van der Waals surface area contributed by atoms with Crippen molar-refractivity contribution in [3.05, 3.63) is 130 Å². The van der Waals surface area contributed by atoms with E-state index in [4.69, 9.17) is 0 Å². The number of benzene rings is 4. The van der Waals surface area contributed by atoms with Crippen LogP contribution in [0.3, 0.4) is 0 Å². The van der Waals surface area contributed by atoms with E-state index in [1.54, 1.807) is 10.4 Å². The van der Waals surface area contributed by atoms with Gasteiger partial charge in [-0.1, -0.05) is 172 Å². The third-order valence-corrected chi connectivity index (χ3v) is 15.1. The average Bonchev–Trinajstić information content (AvgIpc) is 3.67. The highest BCUT2D eigenvalue weighted by atomic mass is 28.3. The fraction of sp³-hybridized carbons (Fsp3) is 0.300. The zero-order chi connectivity index (χ0) is 28.1. The molecule has 0 heterocycles. The van der Waals surface area contributed by atoms with Crippen molar-refractivity contribution in [3.8, 4) is 22.3 Å². The number of allylic oxidation sites excluding steroid dienone is 2. The first kappa shape index (κ1) is 27.7. The largest absolute Gasteiger partial charge is 0.109 e. The molecule has 6 rings (SSSR count). The first-order valence-electron chi connectivity index (χ1n) is 16.0. The maximum atomic E-state index is 2.68. The Kier molecular flexibility index (Phi) is 8.53. The quantitative estimate of drug-likeness (QED) is 0.121. The van der Waals surface area contributed by atoms with Gasteiger partial charge in [0.05, 0.1) is 0 Å². The zero-order valence-corrected chi connectivity index (χ0v) is 26.0. The Morgan fingerprint density at radius 3 is 1.34 bits per heavy atom. The number of fused-ring (bicyclic) bond motifs is 2. The van der Waals surface area contributed by atoms with Crippen LogP contribution in [0.5, 0.6) is 0 Å². The van der Waals surface area contributed by atoms with Crippen LogP contribution < -0.4 is 0 Å². The van der Waals surface area contributed by atoms with Gasteiger partial charge < -0.3 is 0 Å². The third kappa shape index (κ3) is 5.57. The van der Waals surface area contributed by atoms with Crippen LogP contribution in [0.1, 0.15) is 74.6 Å². The Morgan fingerprint density at radius 2 is 0.927 bits per heavy atom. The first-order valence-corrected chi connectivity index (χ1v) is 18.4. The Bertz CT molecular complexity index is 1420. The van der Waals surface area contributed by atoms with Crippen LogP contribution in [0.25, 0.3) is 34.4 Å². The monoisotopic (exact) mass is 552 g/mol. The average molecular weight is 553 g/mol. The second-order valence-corrected chi connectivity index (χ2v) is 16.6. The van der Waals surface area contributed by atoms with Crippen LogP contribution in [-0.2, 0) is 12.8 Å². The molecule has 0 saturated carbocycles. The molecule has 0 aliphatic heterocycles. The Labute approximate surface area is 248 Å². The van der Waals surface area contributed by atoms with Crippen molar-refractivity contribution in [2.24, 2.45) is 0 Å². The summed E-state index contributed by atoms with van der Waals surface area (Å²) in [5.41, 5.74) is 11.5. The van der Waals surface area contributed by atoms with E-state index in [1.165, 1.54) is 95.1 Å². The van der Waals surface area contributed by atoms with Crippen LogP contribution in [-0.4, -0.2) is 8.07 Å². The summed E-state index contributed by atoms with van der Waals surface area (Å²) in [6.07, 6.45) is 15.6. The lowest BCUT2D eigenvalue weighted by Gasteiger charge is -2.36. The molecule has 0 N–H and O–H groups in total. The predicted molar refractivity (Wildman–Crippen MR) is 182 cm³/mol. The van der Waals surface area contributed by atoms with Crippen LogP contribution >= 0.6 is 0 Å². The van der Waals surface area contributed by atoms with Crippen LogP contribution in [0.4, 0.5) is 0 Å². The topological polar surface area (TPSA) is 0 Å². The van der Waals surface area contributed by atoms with Crippen molar-refractivity contribution in [1.29, 1.82) is 0 Å². The molecule has 2 aliphatic carbocycles. The predicted octanol–water partition coefficient (Wildman–Crippen LogP) is 11.5. The van der Waals surface area contributed by atoms with Crippen LogP contribution in [0.15, 0.2) is 107 Å². The highest BCUT2D eigenvalue weighted by molar-refractivity contribution is 6.94. The fourth-order valence-corrected chi connectivity index (χ4v) is 13.0. The van der Waals surface area contributed by atoms with Crippen LogP contribution in [0, 0.1) is 0 Å². The second-order valence-electron chi connectivity index (χ2n) is 12.2. The molecule has 0 fully saturated rings. The number of unbranched alkanes of at least 4 members (excludes halogenated alkanes) is 4. The van der Waals surface area contributed by atoms with E-state index in [2.05, 4.69) is 123 Å². The molecule has 208 valence electrons. The van der Waals surface area contributed by atoms with E-state index in [0.29, 0.717) is 0 Å². The Hall–Kier alpha value is -3.42. The summed E-state index contributed by atoms with van der Waals surface area (Å²) in [4.78, 5) is 0. The van der Waals surface area contributed by atoms with Gasteiger partial charge in [-0.15, -0.1) is 0 Å². The van der Waals surface area contributed by atoms with E-state index in [0.717, 1.165) is 12.8 Å². The minimum absolute atomic E-state index is 1.14. The van der Waals surface area contributed by atoms with Gasteiger partial charge in [-0.3, -0.25) is 0 Å². The van der Waals surface area contributed by atoms with Gasteiger partial charge in [0, 0.05) is 0 Å². The number of hydrogen-bond acceptors (Lipinski definition) is 0. The summed E-state index contributed by atoms with van der Waals surface area (Å²) in [7, 11) is -1.93. The summed E-state index contributed by atoms with van der Waals surface area (Å²) < 4.78 is 0. The summed E-state index contributed by atoms with van der Waals surface area (Å²) in [6, 6.07) is 38.9. The minimum atomic E-state index is -1.93. The fourth-order valence-electron chi connectivity index (χ4n) is 7.42. The van der Waals surface area contributed by atoms with Crippen molar-refractivity contribution in [2.45, 2.75) is 77.3 Å². The molecule has 0 unspecified atom stereocenters. The normalized spacial score (nSPS) is 14.0. The van der Waals surface area contributed by atoms with Gasteiger partial charge in [-0.2, -0.15) is 0 Å². The molecular formula is C40H44Si. The van der Waals surface area contributed by atoms with Crippen molar-refractivity contribution >= 4 is 20.2 Å². The van der Waals surface area contributed by atoms with Crippen molar-refractivity contribution in [3.63, 3.8) is 0 Å². The molecular weight excluding hydrogens is 509 g/mol. The highest BCUT2D eigenvalue weighted by Gasteiger charge is 2.43. The van der Waals surface area contributed by atoms with Gasteiger partial charge in [-0.25, -0.2) is 0 Å². The molecule has 4 aromatic rings. The summed E-state index contributed by atoms with van der Waals surface area (Å²) in [5, 5.41) is 3.59. The number of hydrogen-bond donors (Lipinski definition) is 0. The molecule has 0 saturated heterocycles. The summed E-state index contributed by atoms with van der Waals surface area (Å²) in [6.45, 7) is 4.71. The lowest BCUT2D eigenvalue weighted by atomic mass is 9.97. The molecule has 0 radical (unpaired) electrons. The molecule has 2 aliphatic rings. The maximum Gasteiger partial charge on any atom is 0.109 e. The van der Waals surface area contributed by atoms with Gasteiger partial charge in [0.15, 0.2) is 0 Å². The van der Waals surface area contributed by atoms with Gasteiger partial charge in [0.2, 0.25) is 0 Å². The smallest absolute Gasteiger partial charge is 0.0709 e. The van der Waals surface area contributed by atoms with Gasteiger partial charge in [-0.05, 0) is 69.4 Å². The minimum Gasteiger partial charge on any atom is -0.0709 e. The molecule has 0 nitrogen and oxygen atoms in total. The maximum absolute atomic E-state index is 2.68. The van der Waals surface area contributed by atoms with E-state index in [9.17, 15) is 0 Å². The summed E-state index contributed by atoms with van der Waals surface area (Å²) in [5.74, 6) is 0. The highest BCUT2D eigenvalue weighted by Crippen LogP contribution is 2.48. The van der Waals surface area contributed by atoms with Crippen molar-refractivity contribution in [1.82, 2.24) is 0 Å². The van der Waals surface area contributed by atoms with Crippen molar-refractivity contribution < 1.29 is 0 Å². The lowest BCUT2D eigenvalue weighted by Crippen LogP contribution is -2.40. The molecule has 0 spiro atoms. The van der Waals surface area contributed by atoms with Crippen molar-refractivity contribution in [2.75, 3.05) is 0 Å². The van der Waals surface area contributed by atoms with Crippen LogP contribution in [0.2, 0.25) is 12.1 Å². The van der Waals surface area contributed by atoms with E-state index in [-0.39, 0.29) is 0 Å². The van der Waals surface area contributed by atoms with E-state index in [1.807, 2.05) is 0 Å². The molecule has 41 heavy (non-hydrogen) atoms. The van der Waals surface area contributed by atoms with Gasteiger partial charge >= 0.3 is 0 Å². The first-order chi connectivity index (χ1) is 20.2. The van der Waals surface area contributed by atoms with E-state index >= 15 is 0 Å². The summed E-state index contributed by atoms with van der Waals surface area (Å²) >= 11 is 0. The molecule has 0 amide bonds. The van der Waals surface area contributed by atoms with E-state index < -0.39 is 8.07 Å². The van der Waals surface area contributed by atoms with Gasteiger partial charge in [0.1, 0.15) is 8.07 Å². The molecule has 0 bridgehead atoms. The Morgan fingerprint density at radius 1 is 0.488 bits per heavy atom. The standard InChI is InChI=1S/C40H44Si/c1-3-5-13-25-41(26-14-6-4-2,35-27-33-21-15-23-37(39(33)29-35)31-17-9-7-10-18-31)36-28-34-22-16-24-38(40(34)30-36)32-19-11-8-12-20-32/h7-12,15-24,29-30H,3-6,13-14,25-28H2,1-2H3. The molecule has 0 aromatic heterocycles.